The molecule has 102 valence electrons. The van der Waals surface area contributed by atoms with Crippen molar-refractivity contribution in [2.75, 3.05) is 5.32 Å². The number of carbonyl (C=O) groups is 1. The van der Waals surface area contributed by atoms with Crippen molar-refractivity contribution in [2.24, 2.45) is 0 Å². The van der Waals surface area contributed by atoms with Gasteiger partial charge in [0.05, 0.1) is 5.69 Å². The highest BCUT2D eigenvalue weighted by molar-refractivity contribution is 5.91. The summed E-state index contributed by atoms with van der Waals surface area (Å²) in [5, 5.41) is 14.8. The fraction of sp³-hybridized carbons (Fsp3) is 0.0625. The third-order valence-electron chi connectivity index (χ3n) is 2.69. The van der Waals surface area contributed by atoms with Gasteiger partial charge in [0, 0.05) is 6.20 Å². The summed E-state index contributed by atoms with van der Waals surface area (Å²) in [4.78, 5) is 11.7. The van der Waals surface area contributed by atoms with Gasteiger partial charge in [-0.25, -0.2) is 4.79 Å². The largest absolute Gasteiger partial charge is 0.506 e. The number of urea groups is 1. The molecular formula is C16H16N2O2. The second kappa shape index (κ2) is 6.43. The molecule has 3 N–H and O–H groups in total. The van der Waals surface area contributed by atoms with Crippen molar-refractivity contribution in [3.63, 3.8) is 0 Å². The van der Waals surface area contributed by atoms with Crippen LogP contribution in [0, 0.1) is 6.92 Å². The summed E-state index contributed by atoms with van der Waals surface area (Å²) < 4.78 is 0. The number of anilines is 1. The highest BCUT2D eigenvalue weighted by Gasteiger charge is 2.04. The van der Waals surface area contributed by atoms with E-state index in [4.69, 9.17) is 0 Å². The van der Waals surface area contributed by atoms with Crippen LogP contribution in [0.15, 0.2) is 54.7 Å². The van der Waals surface area contributed by atoms with Gasteiger partial charge in [-0.05, 0) is 36.3 Å². The second-order valence-corrected chi connectivity index (χ2v) is 4.36. The molecule has 0 bridgehead atoms. The first-order valence-electron chi connectivity index (χ1n) is 6.24. The molecule has 2 rings (SSSR count). The molecule has 2 aromatic rings. The van der Waals surface area contributed by atoms with E-state index in [0.717, 1.165) is 11.1 Å². The molecule has 2 amide bonds. The number of phenolic OH excluding ortho intramolecular Hbond substituents is 1. The molecule has 0 aromatic heterocycles. The van der Waals surface area contributed by atoms with Crippen LogP contribution in [0.4, 0.5) is 10.5 Å². The molecule has 0 saturated carbocycles. The quantitative estimate of drug-likeness (QED) is 0.746. The van der Waals surface area contributed by atoms with Gasteiger partial charge in [-0.2, -0.15) is 0 Å². The van der Waals surface area contributed by atoms with Crippen molar-refractivity contribution in [2.45, 2.75) is 6.92 Å². The van der Waals surface area contributed by atoms with E-state index < -0.39 is 6.03 Å². The molecule has 0 radical (unpaired) electrons. The molecule has 0 aliphatic rings. The maximum Gasteiger partial charge on any atom is 0.323 e. The summed E-state index contributed by atoms with van der Waals surface area (Å²) in [5.74, 6) is 0.0396. The van der Waals surface area contributed by atoms with Crippen molar-refractivity contribution < 1.29 is 9.90 Å². The first kappa shape index (κ1) is 13.7. The molecule has 0 aliphatic carbocycles. The molecule has 20 heavy (non-hydrogen) atoms. The van der Waals surface area contributed by atoms with Crippen LogP contribution in [-0.4, -0.2) is 11.1 Å². The first-order valence-corrected chi connectivity index (χ1v) is 6.24. The van der Waals surface area contributed by atoms with E-state index in [1.54, 1.807) is 30.5 Å². The van der Waals surface area contributed by atoms with E-state index in [-0.39, 0.29) is 5.75 Å². The molecule has 0 atom stereocenters. The molecular weight excluding hydrogens is 252 g/mol. The van der Waals surface area contributed by atoms with Gasteiger partial charge in [0.25, 0.3) is 0 Å². The lowest BCUT2D eigenvalue weighted by atomic mass is 10.2. The van der Waals surface area contributed by atoms with E-state index in [9.17, 15) is 9.90 Å². The molecule has 0 fully saturated rings. The normalized spacial score (nSPS) is 10.4. The monoisotopic (exact) mass is 268 g/mol. The Kier molecular flexibility index (Phi) is 4.39. The Bertz CT molecular complexity index is 622. The van der Waals surface area contributed by atoms with Crippen LogP contribution in [0.1, 0.15) is 11.1 Å². The van der Waals surface area contributed by atoms with Gasteiger partial charge in [0.2, 0.25) is 0 Å². The Balaban J connectivity index is 1.93. The molecule has 0 spiro atoms. The lowest BCUT2D eigenvalue weighted by Crippen LogP contribution is -2.23. The number of phenols is 1. The third kappa shape index (κ3) is 3.88. The minimum absolute atomic E-state index is 0.0396. The summed E-state index contributed by atoms with van der Waals surface area (Å²) in [5.41, 5.74) is 2.33. The lowest BCUT2D eigenvalue weighted by molar-refractivity contribution is 0.255. The number of carbonyl (C=O) groups excluding carboxylic acids is 1. The van der Waals surface area contributed by atoms with Crippen molar-refractivity contribution in [3.05, 3.63) is 65.9 Å². The smallest absolute Gasteiger partial charge is 0.323 e. The zero-order valence-corrected chi connectivity index (χ0v) is 11.1. The second-order valence-electron chi connectivity index (χ2n) is 4.36. The summed E-state index contributed by atoms with van der Waals surface area (Å²) in [7, 11) is 0. The van der Waals surface area contributed by atoms with Crippen LogP contribution in [0.2, 0.25) is 0 Å². The Morgan fingerprint density at radius 2 is 1.90 bits per heavy atom. The van der Waals surface area contributed by atoms with E-state index in [1.807, 2.05) is 37.3 Å². The highest BCUT2D eigenvalue weighted by Crippen LogP contribution is 2.23. The average Bonchev–Trinajstić information content (AvgIpc) is 2.44. The predicted octanol–water partition coefficient (Wildman–Crippen LogP) is 3.49. The Labute approximate surface area is 117 Å². The van der Waals surface area contributed by atoms with Crippen molar-refractivity contribution in [1.82, 2.24) is 5.32 Å². The maximum atomic E-state index is 11.7. The number of aryl methyl sites for hydroxylation is 1. The van der Waals surface area contributed by atoms with E-state index in [0.29, 0.717) is 5.69 Å². The number of benzene rings is 2. The highest BCUT2D eigenvalue weighted by atomic mass is 16.3. The Hall–Kier alpha value is -2.75. The van der Waals surface area contributed by atoms with Gasteiger partial charge < -0.3 is 15.7 Å². The number of hydrogen-bond acceptors (Lipinski definition) is 2. The summed E-state index contributed by atoms with van der Waals surface area (Å²) in [6.07, 6.45) is 3.34. The number of amides is 2. The van der Waals surface area contributed by atoms with Crippen LogP contribution in [0.5, 0.6) is 5.75 Å². The van der Waals surface area contributed by atoms with Gasteiger partial charge in [-0.1, -0.05) is 36.4 Å². The van der Waals surface area contributed by atoms with Crippen LogP contribution >= 0.6 is 0 Å². The number of aromatic hydroxyl groups is 1. The fourth-order valence-corrected chi connectivity index (χ4v) is 1.69. The molecule has 4 nitrogen and oxygen atoms in total. The molecule has 4 heteroatoms. The van der Waals surface area contributed by atoms with E-state index in [1.165, 1.54) is 0 Å². The average molecular weight is 268 g/mol. The standard InChI is InChI=1S/C16H16N2O2/c1-12-7-8-15(19)14(11-12)18-16(20)17-10-9-13-5-3-2-4-6-13/h2-11,19H,1H3,(H2,17,18,20)/b10-9+. The summed E-state index contributed by atoms with van der Waals surface area (Å²) in [6.45, 7) is 1.89. The predicted molar refractivity (Wildman–Crippen MR) is 80.5 cm³/mol. The minimum atomic E-state index is -0.405. The number of nitrogens with one attached hydrogen (secondary N) is 2. The van der Waals surface area contributed by atoms with Gasteiger partial charge in [0.1, 0.15) is 5.75 Å². The third-order valence-corrected chi connectivity index (χ3v) is 2.69. The van der Waals surface area contributed by atoms with Crippen LogP contribution in [0.3, 0.4) is 0 Å². The van der Waals surface area contributed by atoms with Crippen molar-refractivity contribution in [1.29, 1.82) is 0 Å². The summed E-state index contributed by atoms with van der Waals surface area (Å²) in [6, 6.07) is 14.3. The van der Waals surface area contributed by atoms with Crippen molar-refractivity contribution >= 4 is 17.8 Å². The Morgan fingerprint density at radius 3 is 2.65 bits per heavy atom. The van der Waals surface area contributed by atoms with Gasteiger partial charge in [-0.3, -0.25) is 0 Å². The molecule has 0 aliphatic heterocycles. The maximum absolute atomic E-state index is 11.7. The topological polar surface area (TPSA) is 61.4 Å². The first-order chi connectivity index (χ1) is 9.65. The van der Waals surface area contributed by atoms with Gasteiger partial charge in [0.15, 0.2) is 0 Å². The van der Waals surface area contributed by atoms with Crippen molar-refractivity contribution in [3.8, 4) is 5.75 Å². The summed E-state index contributed by atoms with van der Waals surface area (Å²) >= 11 is 0. The number of rotatable bonds is 3. The molecule has 0 heterocycles. The minimum Gasteiger partial charge on any atom is -0.506 e. The van der Waals surface area contributed by atoms with E-state index in [2.05, 4.69) is 10.6 Å². The van der Waals surface area contributed by atoms with Crippen LogP contribution in [0.25, 0.3) is 6.08 Å². The fourth-order valence-electron chi connectivity index (χ4n) is 1.69. The molecule has 0 saturated heterocycles. The van der Waals surface area contributed by atoms with Gasteiger partial charge >= 0.3 is 6.03 Å². The van der Waals surface area contributed by atoms with Gasteiger partial charge in [-0.15, -0.1) is 0 Å². The number of hydrogen-bond donors (Lipinski definition) is 3. The molecule has 0 unspecified atom stereocenters. The van der Waals surface area contributed by atoms with Crippen LogP contribution < -0.4 is 10.6 Å². The van der Waals surface area contributed by atoms with Crippen LogP contribution in [-0.2, 0) is 0 Å². The molecule has 2 aromatic carbocycles. The van der Waals surface area contributed by atoms with E-state index >= 15 is 0 Å². The lowest BCUT2D eigenvalue weighted by Gasteiger charge is -2.07. The zero-order valence-electron chi connectivity index (χ0n) is 11.1. The zero-order chi connectivity index (χ0) is 14.4. The Morgan fingerprint density at radius 1 is 1.15 bits per heavy atom. The SMILES string of the molecule is Cc1ccc(O)c(NC(=O)N/C=C/c2ccccc2)c1.